The van der Waals surface area contributed by atoms with Crippen LogP contribution in [0.1, 0.15) is 102 Å². The molecule has 21 heavy (non-hydrogen) atoms. The van der Waals surface area contributed by atoms with Crippen LogP contribution in [0, 0.1) is 6.92 Å². The fourth-order valence-corrected chi connectivity index (χ4v) is 2.90. The molecule has 0 saturated heterocycles. The third kappa shape index (κ3) is 10.6. The Morgan fingerprint density at radius 1 is 0.762 bits per heavy atom. The summed E-state index contributed by atoms with van der Waals surface area (Å²) >= 11 is 0. The van der Waals surface area contributed by atoms with E-state index in [9.17, 15) is 0 Å². The minimum absolute atomic E-state index is 1.12. The summed E-state index contributed by atoms with van der Waals surface area (Å²) in [5.41, 5.74) is 1.18. The summed E-state index contributed by atoms with van der Waals surface area (Å²) in [5, 5.41) is 0. The Hall–Kier alpha value is -0.790. The van der Waals surface area contributed by atoms with Gasteiger partial charge in [0.2, 0.25) is 0 Å². The molecule has 1 aromatic rings. The lowest BCUT2D eigenvalue weighted by atomic mass is 10.0. The highest BCUT2D eigenvalue weighted by atomic mass is 14.9. The topological polar surface area (TPSA) is 28.7 Å². The predicted molar refractivity (Wildman–Crippen MR) is 92.7 cm³/mol. The maximum absolute atomic E-state index is 4.35. The molecule has 0 atom stereocenters. The third-order valence-electron chi connectivity index (χ3n) is 4.27. The Balaban J connectivity index is 1.74. The molecule has 2 heteroatoms. The van der Waals surface area contributed by atoms with Crippen LogP contribution in [0.25, 0.3) is 0 Å². The molecule has 0 aliphatic rings. The number of nitrogens with zero attached hydrogens (tertiary/aromatic N) is 1. The average Bonchev–Trinajstić information content (AvgIpc) is 2.89. The normalized spacial score (nSPS) is 11.1. The van der Waals surface area contributed by atoms with Gasteiger partial charge >= 0.3 is 0 Å². The van der Waals surface area contributed by atoms with Gasteiger partial charge in [-0.05, 0) is 13.3 Å². The van der Waals surface area contributed by atoms with E-state index < -0.39 is 0 Å². The van der Waals surface area contributed by atoms with Crippen LogP contribution in [0.5, 0.6) is 0 Å². The molecule has 1 rings (SSSR count). The smallest absolute Gasteiger partial charge is 0.106 e. The van der Waals surface area contributed by atoms with Crippen molar-refractivity contribution in [3.05, 3.63) is 17.7 Å². The summed E-state index contributed by atoms with van der Waals surface area (Å²) in [5.74, 6) is 1.16. The van der Waals surface area contributed by atoms with Crippen molar-refractivity contribution < 1.29 is 0 Å². The third-order valence-corrected chi connectivity index (χ3v) is 4.27. The van der Waals surface area contributed by atoms with E-state index in [2.05, 4.69) is 23.8 Å². The van der Waals surface area contributed by atoms with Crippen molar-refractivity contribution in [2.24, 2.45) is 0 Å². The molecule has 2 nitrogen and oxygen atoms in total. The average molecular weight is 293 g/mol. The van der Waals surface area contributed by atoms with Crippen molar-refractivity contribution >= 4 is 0 Å². The van der Waals surface area contributed by atoms with E-state index in [1.807, 2.05) is 6.20 Å². The molecular weight excluding hydrogens is 256 g/mol. The number of hydrogen-bond donors (Lipinski definition) is 1. The van der Waals surface area contributed by atoms with Crippen molar-refractivity contribution in [1.82, 2.24) is 9.97 Å². The molecule has 1 N–H and O–H groups in total. The molecule has 0 aliphatic heterocycles. The summed E-state index contributed by atoms with van der Waals surface area (Å²) in [6.07, 6.45) is 21.5. The lowest BCUT2D eigenvalue weighted by Crippen LogP contribution is -1.89. The number of aromatic nitrogens is 2. The first-order valence-electron chi connectivity index (χ1n) is 9.33. The van der Waals surface area contributed by atoms with Crippen LogP contribution in [0.3, 0.4) is 0 Å². The van der Waals surface area contributed by atoms with E-state index in [4.69, 9.17) is 0 Å². The highest BCUT2D eigenvalue weighted by Gasteiger charge is 1.97. The fraction of sp³-hybridized carbons (Fsp3) is 0.842. The Morgan fingerprint density at radius 2 is 1.24 bits per heavy atom. The van der Waals surface area contributed by atoms with E-state index in [1.54, 1.807) is 0 Å². The molecule has 0 amide bonds. The summed E-state index contributed by atoms with van der Waals surface area (Å²) in [6.45, 7) is 4.36. The second kappa shape index (κ2) is 12.9. The van der Waals surface area contributed by atoms with Gasteiger partial charge in [-0.1, -0.05) is 84.0 Å². The van der Waals surface area contributed by atoms with Gasteiger partial charge in [0, 0.05) is 18.3 Å². The summed E-state index contributed by atoms with van der Waals surface area (Å²) in [4.78, 5) is 7.66. The Bertz CT molecular complexity index is 330. The molecule has 0 fully saturated rings. The SMILES string of the molecule is CCCCCCCCCCCCCCCc1ncc(C)[nH]1. The zero-order chi connectivity index (χ0) is 15.2. The minimum atomic E-state index is 1.12. The van der Waals surface area contributed by atoms with Gasteiger partial charge in [0.1, 0.15) is 5.82 Å². The van der Waals surface area contributed by atoms with Gasteiger partial charge in [-0.2, -0.15) is 0 Å². The zero-order valence-electron chi connectivity index (χ0n) is 14.4. The summed E-state index contributed by atoms with van der Waals surface area (Å²) in [7, 11) is 0. The van der Waals surface area contributed by atoms with Gasteiger partial charge in [0.25, 0.3) is 0 Å². The first-order chi connectivity index (χ1) is 10.3. The summed E-state index contributed by atoms with van der Waals surface area (Å²) < 4.78 is 0. The number of aryl methyl sites for hydroxylation is 2. The lowest BCUT2D eigenvalue weighted by molar-refractivity contribution is 0.538. The van der Waals surface area contributed by atoms with Crippen molar-refractivity contribution in [2.75, 3.05) is 0 Å². The summed E-state index contributed by atoms with van der Waals surface area (Å²) in [6, 6.07) is 0. The van der Waals surface area contributed by atoms with Crippen LogP contribution in [-0.4, -0.2) is 9.97 Å². The molecule has 0 radical (unpaired) electrons. The van der Waals surface area contributed by atoms with Crippen LogP contribution in [0.2, 0.25) is 0 Å². The van der Waals surface area contributed by atoms with E-state index in [-0.39, 0.29) is 0 Å². The molecule has 0 spiro atoms. The van der Waals surface area contributed by atoms with E-state index >= 15 is 0 Å². The first kappa shape index (κ1) is 18.3. The Kier molecular flexibility index (Phi) is 11.2. The van der Waals surface area contributed by atoms with Crippen LogP contribution >= 0.6 is 0 Å². The van der Waals surface area contributed by atoms with Crippen LogP contribution < -0.4 is 0 Å². The van der Waals surface area contributed by atoms with E-state index in [1.165, 1.54) is 89.2 Å². The van der Waals surface area contributed by atoms with Crippen molar-refractivity contribution in [1.29, 1.82) is 0 Å². The van der Waals surface area contributed by atoms with Gasteiger partial charge < -0.3 is 4.98 Å². The van der Waals surface area contributed by atoms with Gasteiger partial charge in [-0.15, -0.1) is 0 Å². The molecule has 0 aromatic carbocycles. The molecule has 0 unspecified atom stereocenters. The lowest BCUT2D eigenvalue weighted by Gasteiger charge is -2.02. The Morgan fingerprint density at radius 3 is 1.67 bits per heavy atom. The van der Waals surface area contributed by atoms with Crippen LogP contribution in [0.4, 0.5) is 0 Å². The predicted octanol–water partition coefficient (Wildman–Crippen LogP) is 6.35. The quantitative estimate of drug-likeness (QED) is 0.397. The van der Waals surface area contributed by atoms with Crippen LogP contribution in [0.15, 0.2) is 6.20 Å². The molecule has 0 aliphatic carbocycles. The fourth-order valence-electron chi connectivity index (χ4n) is 2.90. The van der Waals surface area contributed by atoms with E-state index in [0.717, 1.165) is 12.2 Å². The number of rotatable bonds is 14. The highest BCUT2D eigenvalue weighted by Crippen LogP contribution is 2.13. The number of H-pyrrole nitrogens is 1. The van der Waals surface area contributed by atoms with Gasteiger partial charge in [0.15, 0.2) is 0 Å². The standard InChI is InChI=1S/C19H36N2/c1-3-4-5-6-7-8-9-10-11-12-13-14-15-16-19-20-17-18(2)21-19/h17H,3-16H2,1-2H3,(H,20,21). The van der Waals surface area contributed by atoms with E-state index in [0.29, 0.717) is 0 Å². The van der Waals surface area contributed by atoms with Crippen molar-refractivity contribution in [2.45, 2.75) is 104 Å². The highest BCUT2D eigenvalue weighted by molar-refractivity contribution is 4.98. The second-order valence-corrected chi connectivity index (χ2v) is 6.51. The molecule has 1 aromatic heterocycles. The molecule has 1 heterocycles. The number of unbranched alkanes of at least 4 members (excludes halogenated alkanes) is 12. The number of imidazole rings is 1. The number of aromatic amines is 1. The minimum Gasteiger partial charge on any atom is -0.346 e. The maximum atomic E-state index is 4.35. The number of nitrogens with one attached hydrogen (secondary N) is 1. The number of hydrogen-bond acceptors (Lipinski definition) is 1. The maximum Gasteiger partial charge on any atom is 0.106 e. The van der Waals surface area contributed by atoms with Crippen molar-refractivity contribution in [3.8, 4) is 0 Å². The molecule has 0 saturated carbocycles. The zero-order valence-corrected chi connectivity index (χ0v) is 14.4. The first-order valence-corrected chi connectivity index (χ1v) is 9.33. The molecule has 122 valence electrons. The largest absolute Gasteiger partial charge is 0.346 e. The van der Waals surface area contributed by atoms with Crippen molar-refractivity contribution in [3.63, 3.8) is 0 Å². The van der Waals surface area contributed by atoms with Gasteiger partial charge in [-0.25, -0.2) is 4.98 Å². The van der Waals surface area contributed by atoms with Gasteiger partial charge in [-0.3, -0.25) is 0 Å². The monoisotopic (exact) mass is 292 g/mol. The van der Waals surface area contributed by atoms with Crippen LogP contribution in [-0.2, 0) is 6.42 Å². The molecule has 0 bridgehead atoms. The van der Waals surface area contributed by atoms with Gasteiger partial charge in [0.05, 0.1) is 0 Å². The molecular formula is C19H36N2. The Labute approximate surface area is 132 Å². The second-order valence-electron chi connectivity index (χ2n) is 6.51.